The summed E-state index contributed by atoms with van der Waals surface area (Å²) in [5.74, 6) is 0. The van der Waals surface area contributed by atoms with Gasteiger partial charge >= 0.3 is 0 Å². The van der Waals surface area contributed by atoms with Gasteiger partial charge in [0.2, 0.25) is 0 Å². The topological polar surface area (TPSA) is 23.5 Å². The molecule has 1 N–H and O–H groups in total. The molecule has 0 radical (unpaired) electrons. The number of aliphatic hydroxyl groups excluding tert-OH is 1. The standard InChI is InChI=1S/C26H29NO/c1-20(28)23-14-8-16-25-24(23)15-9-17-26(25)27(18-21-10-4-2-5-11-21)19-22-12-6-3-7-13-22/h2-8,10-14,16,20,26,28H,9,15,17-19H2,1H3. The summed E-state index contributed by atoms with van der Waals surface area (Å²) in [6, 6.07) is 28.4. The van der Waals surface area contributed by atoms with E-state index in [9.17, 15) is 5.11 Å². The van der Waals surface area contributed by atoms with E-state index >= 15 is 0 Å². The molecule has 0 bridgehead atoms. The maximum Gasteiger partial charge on any atom is 0.0764 e. The molecule has 0 heterocycles. The minimum atomic E-state index is -0.412. The summed E-state index contributed by atoms with van der Waals surface area (Å²) >= 11 is 0. The summed E-state index contributed by atoms with van der Waals surface area (Å²) in [7, 11) is 0. The first-order valence-electron chi connectivity index (χ1n) is 10.3. The molecule has 4 rings (SSSR count). The molecule has 0 fully saturated rings. The number of aliphatic hydroxyl groups is 1. The average molecular weight is 372 g/mol. The van der Waals surface area contributed by atoms with Crippen LogP contribution in [-0.4, -0.2) is 10.0 Å². The molecule has 0 saturated heterocycles. The van der Waals surface area contributed by atoms with E-state index in [0.717, 1.165) is 31.5 Å². The van der Waals surface area contributed by atoms with Crippen molar-refractivity contribution in [1.82, 2.24) is 4.90 Å². The molecule has 2 unspecified atom stereocenters. The lowest BCUT2D eigenvalue weighted by atomic mass is 9.82. The first-order chi connectivity index (χ1) is 13.7. The summed E-state index contributed by atoms with van der Waals surface area (Å²) in [6.45, 7) is 3.74. The van der Waals surface area contributed by atoms with E-state index in [1.54, 1.807) is 0 Å². The van der Waals surface area contributed by atoms with Gasteiger partial charge in [-0.05, 0) is 54.0 Å². The molecule has 3 aromatic carbocycles. The van der Waals surface area contributed by atoms with Crippen molar-refractivity contribution in [2.45, 2.75) is 51.4 Å². The van der Waals surface area contributed by atoms with E-state index in [2.05, 4.69) is 83.8 Å². The van der Waals surface area contributed by atoms with Crippen LogP contribution < -0.4 is 0 Å². The lowest BCUT2D eigenvalue weighted by Crippen LogP contribution is -2.31. The lowest BCUT2D eigenvalue weighted by Gasteiger charge is -2.37. The first kappa shape index (κ1) is 18.9. The van der Waals surface area contributed by atoms with Gasteiger partial charge in [0.15, 0.2) is 0 Å². The van der Waals surface area contributed by atoms with Crippen LogP contribution in [0.4, 0.5) is 0 Å². The summed E-state index contributed by atoms with van der Waals surface area (Å²) < 4.78 is 0. The maximum absolute atomic E-state index is 10.3. The van der Waals surface area contributed by atoms with Crippen molar-refractivity contribution < 1.29 is 5.11 Å². The van der Waals surface area contributed by atoms with Gasteiger partial charge < -0.3 is 5.11 Å². The Labute approximate surface area is 168 Å². The van der Waals surface area contributed by atoms with Gasteiger partial charge in [0.25, 0.3) is 0 Å². The van der Waals surface area contributed by atoms with E-state index in [0.29, 0.717) is 6.04 Å². The Bertz CT molecular complexity index is 847. The number of hydrogen-bond acceptors (Lipinski definition) is 2. The second-order valence-electron chi connectivity index (χ2n) is 7.88. The Morgan fingerprint density at radius 3 is 2.04 bits per heavy atom. The molecule has 1 aliphatic carbocycles. The lowest BCUT2D eigenvalue weighted by molar-refractivity contribution is 0.158. The zero-order chi connectivity index (χ0) is 19.3. The molecule has 0 saturated carbocycles. The molecule has 3 aromatic rings. The van der Waals surface area contributed by atoms with E-state index in [1.807, 2.05) is 6.92 Å². The highest BCUT2D eigenvalue weighted by atomic mass is 16.3. The zero-order valence-electron chi connectivity index (χ0n) is 16.6. The zero-order valence-corrected chi connectivity index (χ0v) is 16.6. The number of hydrogen-bond donors (Lipinski definition) is 1. The predicted molar refractivity (Wildman–Crippen MR) is 115 cm³/mol. The van der Waals surface area contributed by atoms with Gasteiger partial charge in [-0.2, -0.15) is 0 Å². The molecule has 2 nitrogen and oxygen atoms in total. The number of benzene rings is 3. The second kappa shape index (κ2) is 8.72. The van der Waals surface area contributed by atoms with Gasteiger partial charge in [-0.25, -0.2) is 0 Å². The van der Waals surface area contributed by atoms with E-state index < -0.39 is 6.10 Å². The molecule has 0 amide bonds. The van der Waals surface area contributed by atoms with Gasteiger partial charge in [0, 0.05) is 19.1 Å². The van der Waals surface area contributed by atoms with Crippen LogP contribution in [0, 0.1) is 0 Å². The molecular formula is C26H29NO. The Morgan fingerprint density at radius 2 is 1.46 bits per heavy atom. The molecule has 2 atom stereocenters. The molecule has 0 aliphatic heterocycles. The van der Waals surface area contributed by atoms with Crippen LogP contribution in [0.3, 0.4) is 0 Å². The number of fused-ring (bicyclic) bond motifs is 1. The smallest absolute Gasteiger partial charge is 0.0764 e. The maximum atomic E-state index is 10.3. The average Bonchev–Trinajstić information content (AvgIpc) is 2.74. The molecule has 0 aromatic heterocycles. The first-order valence-corrected chi connectivity index (χ1v) is 10.3. The van der Waals surface area contributed by atoms with Crippen LogP contribution in [-0.2, 0) is 19.5 Å². The second-order valence-corrected chi connectivity index (χ2v) is 7.88. The fourth-order valence-corrected chi connectivity index (χ4v) is 4.53. The van der Waals surface area contributed by atoms with E-state index in [4.69, 9.17) is 0 Å². The molecule has 144 valence electrons. The van der Waals surface area contributed by atoms with Crippen molar-refractivity contribution in [2.24, 2.45) is 0 Å². The monoisotopic (exact) mass is 371 g/mol. The van der Waals surface area contributed by atoms with Crippen LogP contribution in [0.1, 0.15) is 59.7 Å². The van der Waals surface area contributed by atoms with Gasteiger partial charge in [-0.1, -0.05) is 78.9 Å². The summed E-state index contributed by atoms with van der Waals surface area (Å²) in [5.41, 5.74) is 6.55. The van der Waals surface area contributed by atoms with Crippen molar-refractivity contribution in [1.29, 1.82) is 0 Å². The summed E-state index contributed by atoms with van der Waals surface area (Å²) in [6.07, 6.45) is 2.99. The van der Waals surface area contributed by atoms with Crippen LogP contribution >= 0.6 is 0 Å². The summed E-state index contributed by atoms with van der Waals surface area (Å²) in [4.78, 5) is 2.61. The van der Waals surface area contributed by atoms with Crippen LogP contribution in [0.15, 0.2) is 78.9 Å². The van der Waals surface area contributed by atoms with Crippen molar-refractivity contribution in [3.8, 4) is 0 Å². The SMILES string of the molecule is CC(O)c1cccc2c1CCCC2N(Cc1ccccc1)Cc1ccccc1. The highest BCUT2D eigenvalue weighted by molar-refractivity contribution is 5.40. The van der Waals surface area contributed by atoms with Gasteiger partial charge in [0.1, 0.15) is 0 Å². The molecular weight excluding hydrogens is 342 g/mol. The third-order valence-electron chi connectivity index (χ3n) is 5.86. The van der Waals surface area contributed by atoms with E-state index in [-0.39, 0.29) is 0 Å². The van der Waals surface area contributed by atoms with Crippen molar-refractivity contribution in [3.05, 3.63) is 107 Å². The van der Waals surface area contributed by atoms with Crippen LogP contribution in [0.5, 0.6) is 0 Å². The Morgan fingerprint density at radius 1 is 0.857 bits per heavy atom. The van der Waals surface area contributed by atoms with Crippen LogP contribution in [0.2, 0.25) is 0 Å². The minimum absolute atomic E-state index is 0.378. The fraction of sp³-hybridized carbons (Fsp3) is 0.308. The Kier molecular flexibility index (Phi) is 5.90. The van der Waals surface area contributed by atoms with Crippen molar-refractivity contribution >= 4 is 0 Å². The highest BCUT2D eigenvalue weighted by Gasteiger charge is 2.28. The quantitative estimate of drug-likeness (QED) is 0.590. The number of rotatable bonds is 6. The molecule has 28 heavy (non-hydrogen) atoms. The minimum Gasteiger partial charge on any atom is -0.389 e. The van der Waals surface area contributed by atoms with E-state index in [1.165, 1.54) is 28.7 Å². The van der Waals surface area contributed by atoms with Gasteiger partial charge in [-0.15, -0.1) is 0 Å². The van der Waals surface area contributed by atoms with Gasteiger partial charge in [0.05, 0.1) is 6.10 Å². The third kappa shape index (κ3) is 4.19. The van der Waals surface area contributed by atoms with Crippen molar-refractivity contribution in [2.75, 3.05) is 0 Å². The van der Waals surface area contributed by atoms with Gasteiger partial charge in [-0.3, -0.25) is 4.90 Å². The summed E-state index contributed by atoms with van der Waals surface area (Å²) in [5, 5.41) is 10.3. The largest absolute Gasteiger partial charge is 0.389 e. The Balaban J connectivity index is 1.70. The number of nitrogens with zero attached hydrogens (tertiary/aromatic N) is 1. The normalized spacial score (nSPS) is 17.3. The van der Waals surface area contributed by atoms with Crippen LogP contribution in [0.25, 0.3) is 0 Å². The fourth-order valence-electron chi connectivity index (χ4n) is 4.53. The molecule has 2 heteroatoms. The van der Waals surface area contributed by atoms with Crippen molar-refractivity contribution in [3.63, 3.8) is 0 Å². The predicted octanol–water partition coefficient (Wildman–Crippen LogP) is 5.82. The third-order valence-corrected chi connectivity index (χ3v) is 5.86. The molecule has 1 aliphatic rings. The Hall–Kier alpha value is -2.42. The molecule has 0 spiro atoms. The highest BCUT2D eigenvalue weighted by Crippen LogP contribution is 2.38.